The zero-order valence-electron chi connectivity index (χ0n) is 12.3. The first-order valence-corrected chi connectivity index (χ1v) is 6.79. The molecule has 3 unspecified atom stereocenters. The molecular weight excluding hydrogens is 208 g/mol. The maximum atomic E-state index is 6.06. The largest absolute Gasteiger partial charge is 0.360 e. The standard InChI is InChI=1S/C16H28O/c1-8-14(17-15(3,4)5)13-10-9-12(2)11-16(13,6)7/h1,12-14H,9-11H2,2-7H3. The lowest BCUT2D eigenvalue weighted by atomic mass is 9.63. The number of hydrogen-bond acceptors (Lipinski definition) is 1. The molecule has 3 atom stereocenters. The van der Waals surface area contributed by atoms with Crippen molar-refractivity contribution in [2.75, 3.05) is 0 Å². The van der Waals surface area contributed by atoms with Gasteiger partial charge in [0.25, 0.3) is 0 Å². The van der Waals surface area contributed by atoms with Crippen LogP contribution in [0.2, 0.25) is 0 Å². The van der Waals surface area contributed by atoms with E-state index < -0.39 is 0 Å². The van der Waals surface area contributed by atoms with Crippen LogP contribution in [0.1, 0.15) is 60.8 Å². The Hall–Kier alpha value is -0.480. The van der Waals surface area contributed by atoms with Crippen LogP contribution in [-0.4, -0.2) is 11.7 Å². The van der Waals surface area contributed by atoms with Gasteiger partial charge in [0.15, 0.2) is 0 Å². The van der Waals surface area contributed by atoms with Crippen molar-refractivity contribution in [3.63, 3.8) is 0 Å². The summed E-state index contributed by atoms with van der Waals surface area (Å²) in [6.45, 7) is 13.3. The molecule has 0 aromatic heterocycles. The molecule has 0 saturated heterocycles. The van der Waals surface area contributed by atoms with Gasteiger partial charge in [-0.25, -0.2) is 0 Å². The molecule has 0 bridgehead atoms. The second-order valence-electron chi connectivity index (χ2n) is 7.30. The fourth-order valence-corrected chi connectivity index (χ4v) is 3.18. The maximum absolute atomic E-state index is 6.06. The maximum Gasteiger partial charge on any atom is 0.121 e. The van der Waals surface area contributed by atoms with Crippen molar-refractivity contribution in [2.45, 2.75) is 72.5 Å². The summed E-state index contributed by atoms with van der Waals surface area (Å²) in [4.78, 5) is 0. The van der Waals surface area contributed by atoms with Crippen molar-refractivity contribution in [1.29, 1.82) is 0 Å². The topological polar surface area (TPSA) is 9.23 Å². The molecule has 0 aromatic carbocycles. The number of ether oxygens (including phenoxy) is 1. The summed E-state index contributed by atoms with van der Waals surface area (Å²) in [6.07, 6.45) is 9.37. The van der Waals surface area contributed by atoms with Crippen LogP contribution in [0.4, 0.5) is 0 Å². The molecule has 1 heteroatoms. The number of rotatable bonds is 2. The highest BCUT2D eigenvalue weighted by atomic mass is 16.5. The first-order chi connectivity index (χ1) is 7.65. The molecule has 1 rings (SSSR count). The van der Waals surface area contributed by atoms with E-state index in [1.807, 2.05) is 0 Å². The van der Waals surface area contributed by atoms with Crippen molar-refractivity contribution in [2.24, 2.45) is 17.3 Å². The van der Waals surface area contributed by atoms with Crippen molar-refractivity contribution in [3.8, 4) is 12.3 Å². The third kappa shape index (κ3) is 4.03. The molecule has 0 spiro atoms. The summed E-state index contributed by atoms with van der Waals surface area (Å²) >= 11 is 0. The summed E-state index contributed by atoms with van der Waals surface area (Å²) in [6, 6.07) is 0. The molecule has 98 valence electrons. The smallest absolute Gasteiger partial charge is 0.121 e. The zero-order chi connectivity index (χ0) is 13.3. The van der Waals surface area contributed by atoms with Crippen LogP contribution in [0.3, 0.4) is 0 Å². The molecule has 1 saturated carbocycles. The quantitative estimate of drug-likeness (QED) is 0.651. The fraction of sp³-hybridized carbons (Fsp3) is 0.875. The second kappa shape index (κ2) is 5.02. The Balaban J connectivity index is 2.79. The highest BCUT2D eigenvalue weighted by Crippen LogP contribution is 2.45. The molecule has 0 radical (unpaired) electrons. The predicted octanol–water partition coefficient (Wildman–Crippen LogP) is 4.27. The van der Waals surface area contributed by atoms with Gasteiger partial charge < -0.3 is 4.74 Å². The van der Waals surface area contributed by atoms with Crippen molar-refractivity contribution >= 4 is 0 Å². The van der Waals surface area contributed by atoms with Gasteiger partial charge in [0.05, 0.1) is 5.60 Å². The molecule has 0 amide bonds. The molecule has 17 heavy (non-hydrogen) atoms. The summed E-state index contributed by atoms with van der Waals surface area (Å²) in [5.41, 5.74) is 0.135. The Labute approximate surface area is 107 Å². The van der Waals surface area contributed by atoms with Crippen LogP contribution < -0.4 is 0 Å². The van der Waals surface area contributed by atoms with Crippen LogP contribution in [0, 0.1) is 29.6 Å². The molecule has 1 aliphatic carbocycles. The minimum atomic E-state index is -0.157. The van der Waals surface area contributed by atoms with Crippen molar-refractivity contribution in [1.82, 2.24) is 0 Å². The van der Waals surface area contributed by atoms with Gasteiger partial charge in [-0.05, 0) is 44.9 Å². The average molecular weight is 236 g/mol. The zero-order valence-corrected chi connectivity index (χ0v) is 12.3. The monoisotopic (exact) mass is 236 g/mol. The SMILES string of the molecule is C#CC(OC(C)(C)C)C1CCC(C)CC1(C)C. The highest BCUT2D eigenvalue weighted by molar-refractivity contribution is 5.04. The second-order valence-corrected chi connectivity index (χ2v) is 7.30. The van der Waals surface area contributed by atoms with E-state index >= 15 is 0 Å². The molecule has 1 aliphatic rings. The minimum Gasteiger partial charge on any atom is -0.360 e. The van der Waals surface area contributed by atoms with Crippen LogP contribution in [0.15, 0.2) is 0 Å². The molecule has 0 N–H and O–H groups in total. The van der Waals surface area contributed by atoms with Gasteiger partial charge in [0.1, 0.15) is 6.10 Å². The van der Waals surface area contributed by atoms with Crippen LogP contribution >= 0.6 is 0 Å². The first-order valence-electron chi connectivity index (χ1n) is 6.79. The van der Waals surface area contributed by atoms with E-state index in [4.69, 9.17) is 11.2 Å². The average Bonchev–Trinajstić information content (AvgIpc) is 2.11. The Morgan fingerprint density at radius 1 is 1.29 bits per heavy atom. The predicted molar refractivity (Wildman–Crippen MR) is 73.7 cm³/mol. The summed E-state index contributed by atoms with van der Waals surface area (Å²) in [5.74, 6) is 4.18. The number of hydrogen-bond donors (Lipinski definition) is 0. The van der Waals surface area contributed by atoms with Gasteiger partial charge in [0.2, 0.25) is 0 Å². The van der Waals surface area contributed by atoms with Gasteiger partial charge in [0, 0.05) is 5.92 Å². The Morgan fingerprint density at radius 3 is 2.29 bits per heavy atom. The van der Waals surface area contributed by atoms with E-state index in [9.17, 15) is 0 Å². The van der Waals surface area contributed by atoms with Crippen molar-refractivity contribution in [3.05, 3.63) is 0 Å². The van der Waals surface area contributed by atoms with E-state index in [-0.39, 0.29) is 11.7 Å². The minimum absolute atomic E-state index is 0.0440. The van der Waals surface area contributed by atoms with Crippen LogP contribution in [0.25, 0.3) is 0 Å². The third-order valence-corrected chi connectivity index (χ3v) is 3.86. The Bertz CT molecular complexity index is 290. The van der Waals surface area contributed by atoms with E-state index in [2.05, 4.69) is 47.5 Å². The van der Waals surface area contributed by atoms with Crippen LogP contribution in [-0.2, 0) is 4.74 Å². The van der Waals surface area contributed by atoms with Gasteiger partial charge in [-0.2, -0.15) is 0 Å². The molecule has 0 heterocycles. The lowest BCUT2D eigenvalue weighted by molar-refractivity contribution is -0.0935. The Kier molecular flexibility index (Phi) is 4.31. The van der Waals surface area contributed by atoms with E-state index in [1.54, 1.807) is 0 Å². The third-order valence-electron chi connectivity index (χ3n) is 3.86. The van der Waals surface area contributed by atoms with E-state index in [1.165, 1.54) is 19.3 Å². The lowest BCUT2D eigenvalue weighted by Gasteiger charge is -2.45. The molecule has 1 fully saturated rings. The van der Waals surface area contributed by atoms with Gasteiger partial charge in [-0.15, -0.1) is 6.42 Å². The lowest BCUT2D eigenvalue weighted by Crippen LogP contribution is -2.42. The molecular formula is C16H28O. The molecule has 0 aliphatic heterocycles. The highest BCUT2D eigenvalue weighted by Gasteiger charge is 2.40. The Morgan fingerprint density at radius 2 is 1.88 bits per heavy atom. The van der Waals surface area contributed by atoms with Crippen molar-refractivity contribution < 1.29 is 4.74 Å². The summed E-state index contributed by atoms with van der Waals surface area (Å²) in [5, 5.41) is 0. The van der Waals surface area contributed by atoms with Crippen LogP contribution in [0.5, 0.6) is 0 Å². The summed E-state index contributed by atoms with van der Waals surface area (Å²) in [7, 11) is 0. The normalized spacial score (nSPS) is 30.6. The van der Waals surface area contributed by atoms with E-state index in [0.29, 0.717) is 11.3 Å². The fourth-order valence-electron chi connectivity index (χ4n) is 3.18. The molecule has 1 nitrogen and oxygen atoms in total. The van der Waals surface area contributed by atoms with Gasteiger partial charge in [-0.1, -0.05) is 33.1 Å². The first kappa shape index (κ1) is 14.6. The summed E-state index contributed by atoms with van der Waals surface area (Å²) < 4.78 is 6.06. The van der Waals surface area contributed by atoms with E-state index in [0.717, 1.165) is 5.92 Å². The van der Waals surface area contributed by atoms with Gasteiger partial charge in [-0.3, -0.25) is 0 Å². The number of terminal acetylenes is 1. The molecule has 0 aromatic rings. The van der Waals surface area contributed by atoms with Gasteiger partial charge >= 0.3 is 0 Å².